The van der Waals surface area contributed by atoms with Gasteiger partial charge in [0, 0.05) is 12.1 Å². The van der Waals surface area contributed by atoms with Gasteiger partial charge in [0.05, 0.1) is 6.26 Å². The second kappa shape index (κ2) is 5.98. The molecule has 1 rings (SSSR count). The summed E-state index contributed by atoms with van der Waals surface area (Å²) in [5.74, 6) is 0.673. The fourth-order valence-corrected chi connectivity index (χ4v) is 2.96. The van der Waals surface area contributed by atoms with Gasteiger partial charge in [-0.1, -0.05) is 13.8 Å². The van der Waals surface area contributed by atoms with Gasteiger partial charge in [-0.2, -0.15) is 0 Å². The fraction of sp³-hybridized carbons (Fsp3) is 1.00. The third-order valence-electron chi connectivity index (χ3n) is 2.92. The maximum atomic E-state index is 11.1. The molecule has 0 unspecified atom stereocenters. The van der Waals surface area contributed by atoms with Crippen LogP contribution in [0, 0.1) is 5.92 Å². The molecule has 0 aromatic carbocycles. The van der Waals surface area contributed by atoms with Crippen LogP contribution in [-0.4, -0.2) is 33.3 Å². The summed E-state index contributed by atoms with van der Waals surface area (Å²) in [6.45, 7) is 5.45. The van der Waals surface area contributed by atoms with E-state index >= 15 is 0 Å². The summed E-state index contributed by atoms with van der Waals surface area (Å²) in [5.41, 5.74) is 0. The van der Waals surface area contributed by atoms with Crippen LogP contribution in [0.25, 0.3) is 0 Å². The molecule has 0 saturated heterocycles. The van der Waals surface area contributed by atoms with Crippen molar-refractivity contribution in [3.8, 4) is 0 Å². The van der Waals surface area contributed by atoms with Crippen molar-refractivity contribution in [1.29, 1.82) is 0 Å². The Balaban J connectivity index is 2.23. The van der Waals surface area contributed by atoms with Gasteiger partial charge in [0.15, 0.2) is 0 Å². The van der Waals surface area contributed by atoms with E-state index in [4.69, 9.17) is 0 Å². The summed E-state index contributed by atoms with van der Waals surface area (Å²) in [7, 11) is -3.04. The van der Waals surface area contributed by atoms with E-state index in [-0.39, 0.29) is 6.04 Å². The van der Waals surface area contributed by atoms with E-state index in [2.05, 4.69) is 23.9 Å². The van der Waals surface area contributed by atoms with Crippen molar-refractivity contribution in [2.45, 2.75) is 51.6 Å². The molecule has 0 bridgehead atoms. The van der Waals surface area contributed by atoms with Gasteiger partial charge in [-0.3, -0.25) is 0 Å². The highest BCUT2D eigenvalue weighted by Crippen LogP contribution is 2.19. The molecule has 1 saturated carbocycles. The van der Waals surface area contributed by atoms with Gasteiger partial charge in [0.2, 0.25) is 10.0 Å². The van der Waals surface area contributed by atoms with Crippen molar-refractivity contribution in [1.82, 2.24) is 10.0 Å². The first-order chi connectivity index (χ1) is 7.37. The summed E-state index contributed by atoms with van der Waals surface area (Å²) in [6, 6.07) is 0.715. The fourth-order valence-electron chi connectivity index (χ4n) is 2.12. The maximum absolute atomic E-state index is 11.1. The van der Waals surface area contributed by atoms with Gasteiger partial charge in [0.1, 0.15) is 0 Å². The van der Waals surface area contributed by atoms with Gasteiger partial charge in [-0.15, -0.1) is 0 Å². The molecule has 0 amide bonds. The van der Waals surface area contributed by atoms with E-state index in [1.54, 1.807) is 0 Å². The van der Waals surface area contributed by atoms with Crippen LogP contribution in [0.4, 0.5) is 0 Å². The third kappa shape index (κ3) is 5.82. The average Bonchev–Trinajstić information content (AvgIpc) is 2.14. The summed E-state index contributed by atoms with van der Waals surface area (Å²) in [6.07, 6.45) is 5.27. The van der Waals surface area contributed by atoms with Crippen LogP contribution in [0.5, 0.6) is 0 Å². The smallest absolute Gasteiger partial charge is 0.208 e. The van der Waals surface area contributed by atoms with Crippen LogP contribution in [-0.2, 0) is 10.0 Å². The molecule has 16 heavy (non-hydrogen) atoms. The van der Waals surface area contributed by atoms with Crippen molar-refractivity contribution in [3.63, 3.8) is 0 Å². The predicted octanol–water partition coefficient (Wildman–Crippen LogP) is 1.09. The molecule has 0 heterocycles. The van der Waals surface area contributed by atoms with Crippen molar-refractivity contribution >= 4 is 10.0 Å². The van der Waals surface area contributed by atoms with E-state index in [9.17, 15) is 8.42 Å². The summed E-state index contributed by atoms with van der Waals surface area (Å²) in [5, 5.41) is 3.53. The minimum absolute atomic E-state index is 0.145. The zero-order valence-electron chi connectivity index (χ0n) is 10.5. The Labute approximate surface area is 99.2 Å². The Bertz CT molecular complexity index is 293. The van der Waals surface area contributed by atoms with Gasteiger partial charge in [-0.05, 0) is 38.1 Å². The topological polar surface area (TPSA) is 58.2 Å². The largest absolute Gasteiger partial charge is 0.314 e. The molecule has 0 aromatic heterocycles. The molecule has 0 spiro atoms. The minimum atomic E-state index is -3.04. The van der Waals surface area contributed by atoms with Crippen LogP contribution in [0.3, 0.4) is 0 Å². The first-order valence-electron chi connectivity index (χ1n) is 6.07. The van der Waals surface area contributed by atoms with E-state index in [1.165, 1.54) is 6.26 Å². The highest BCUT2D eigenvalue weighted by Gasteiger charge is 2.22. The lowest BCUT2D eigenvalue weighted by Gasteiger charge is -2.29. The standard InChI is InChI=1S/C11H24N2O2S/c1-9(2)8-12-10-4-6-11(7-5-10)13-16(3,14)15/h9-13H,4-8H2,1-3H3. The Morgan fingerprint density at radius 3 is 2.06 bits per heavy atom. The molecule has 96 valence electrons. The molecule has 2 N–H and O–H groups in total. The van der Waals surface area contributed by atoms with Crippen LogP contribution >= 0.6 is 0 Å². The SMILES string of the molecule is CC(C)CNC1CCC(NS(C)(=O)=O)CC1. The molecule has 1 fully saturated rings. The number of rotatable bonds is 5. The Morgan fingerprint density at radius 2 is 1.62 bits per heavy atom. The predicted molar refractivity (Wildman–Crippen MR) is 66.9 cm³/mol. The highest BCUT2D eigenvalue weighted by atomic mass is 32.2. The second-order valence-corrected chi connectivity index (χ2v) is 7.02. The summed E-state index contributed by atoms with van der Waals surface area (Å²) in [4.78, 5) is 0. The van der Waals surface area contributed by atoms with Gasteiger partial charge in [0.25, 0.3) is 0 Å². The van der Waals surface area contributed by atoms with Gasteiger partial charge < -0.3 is 5.32 Å². The van der Waals surface area contributed by atoms with Crippen molar-refractivity contribution in [2.75, 3.05) is 12.8 Å². The van der Waals surface area contributed by atoms with E-state index in [1.807, 2.05) is 0 Å². The van der Waals surface area contributed by atoms with Gasteiger partial charge in [-0.25, -0.2) is 13.1 Å². The number of nitrogens with one attached hydrogen (secondary N) is 2. The summed E-state index contributed by atoms with van der Waals surface area (Å²) >= 11 is 0. The molecule has 1 aliphatic rings. The van der Waals surface area contributed by atoms with Crippen molar-refractivity contribution in [2.24, 2.45) is 5.92 Å². The lowest BCUT2D eigenvalue weighted by Crippen LogP contribution is -2.42. The zero-order chi connectivity index (χ0) is 12.2. The normalized spacial score (nSPS) is 27.2. The number of hydrogen-bond donors (Lipinski definition) is 2. The van der Waals surface area contributed by atoms with E-state index in [0.29, 0.717) is 12.0 Å². The van der Waals surface area contributed by atoms with E-state index in [0.717, 1.165) is 32.2 Å². The highest BCUT2D eigenvalue weighted by molar-refractivity contribution is 7.88. The Morgan fingerprint density at radius 1 is 1.12 bits per heavy atom. The number of hydrogen-bond acceptors (Lipinski definition) is 3. The van der Waals surface area contributed by atoms with Gasteiger partial charge >= 0.3 is 0 Å². The van der Waals surface area contributed by atoms with Crippen molar-refractivity contribution in [3.05, 3.63) is 0 Å². The summed E-state index contributed by atoms with van der Waals surface area (Å²) < 4.78 is 24.8. The zero-order valence-corrected chi connectivity index (χ0v) is 11.3. The first-order valence-corrected chi connectivity index (χ1v) is 7.96. The minimum Gasteiger partial charge on any atom is -0.314 e. The molecule has 0 atom stereocenters. The molecule has 1 aliphatic carbocycles. The lowest BCUT2D eigenvalue weighted by atomic mass is 9.91. The monoisotopic (exact) mass is 248 g/mol. The molecule has 5 heteroatoms. The van der Waals surface area contributed by atoms with E-state index < -0.39 is 10.0 Å². The second-order valence-electron chi connectivity index (χ2n) is 5.24. The van der Waals surface area contributed by atoms with Crippen LogP contribution < -0.4 is 10.0 Å². The third-order valence-corrected chi connectivity index (χ3v) is 3.68. The van der Waals surface area contributed by atoms with Crippen LogP contribution in [0.2, 0.25) is 0 Å². The maximum Gasteiger partial charge on any atom is 0.208 e. The Hall–Kier alpha value is -0.130. The molecule has 0 aromatic rings. The Kier molecular flexibility index (Phi) is 5.21. The molecule has 4 nitrogen and oxygen atoms in total. The quantitative estimate of drug-likeness (QED) is 0.766. The first kappa shape index (κ1) is 13.9. The van der Waals surface area contributed by atoms with Crippen molar-refractivity contribution < 1.29 is 8.42 Å². The van der Waals surface area contributed by atoms with Crippen LogP contribution in [0.15, 0.2) is 0 Å². The molecular formula is C11H24N2O2S. The number of sulfonamides is 1. The molecular weight excluding hydrogens is 224 g/mol. The molecule has 0 radical (unpaired) electrons. The molecule has 0 aliphatic heterocycles. The average molecular weight is 248 g/mol. The lowest BCUT2D eigenvalue weighted by molar-refractivity contribution is 0.320. The van der Waals surface area contributed by atoms with Crippen LogP contribution in [0.1, 0.15) is 39.5 Å².